The zero-order valence-electron chi connectivity index (χ0n) is 24.5. The quantitative estimate of drug-likeness (QED) is 0.213. The second kappa shape index (κ2) is 11.1. The molecule has 218 valence electrons. The Morgan fingerprint density at radius 3 is 1.33 bits per heavy atom. The molecule has 0 aliphatic heterocycles. The Bertz CT molecular complexity index is 1580. The van der Waals surface area contributed by atoms with Crippen LogP contribution >= 0.6 is 0 Å². The van der Waals surface area contributed by atoms with Crippen molar-refractivity contribution in [3.8, 4) is 11.1 Å². The Morgan fingerprint density at radius 1 is 0.535 bits per heavy atom. The first-order valence-corrected chi connectivity index (χ1v) is 15.9. The number of carboxylic acid groups (broad SMARTS) is 2. The molecule has 0 unspecified atom stereocenters. The molecule has 4 nitrogen and oxygen atoms in total. The lowest BCUT2D eigenvalue weighted by molar-refractivity contribution is 0.0684. The SMILES string of the molecule is O=C(O)c1ccc(C2(c3ccc(C(=O)O)c(C4CCCCC4)c3)c3ccccc3-c3ccccc32)cc1C1CCCCC1. The molecule has 3 aliphatic rings. The molecular formula is C39H38O4. The van der Waals surface area contributed by atoms with Crippen LogP contribution in [-0.2, 0) is 5.41 Å². The van der Waals surface area contributed by atoms with Gasteiger partial charge in [0.15, 0.2) is 0 Å². The minimum absolute atomic E-state index is 0.218. The van der Waals surface area contributed by atoms with E-state index in [1.807, 2.05) is 24.3 Å². The summed E-state index contributed by atoms with van der Waals surface area (Å²) in [7, 11) is 0. The summed E-state index contributed by atoms with van der Waals surface area (Å²) in [5.74, 6) is -1.32. The van der Waals surface area contributed by atoms with Crippen LogP contribution in [0.1, 0.15) is 130 Å². The van der Waals surface area contributed by atoms with Crippen molar-refractivity contribution in [1.29, 1.82) is 0 Å². The smallest absolute Gasteiger partial charge is 0.335 e. The van der Waals surface area contributed by atoms with Gasteiger partial charge in [0.25, 0.3) is 0 Å². The molecule has 0 bridgehead atoms. The summed E-state index contributed by atoms with van der Waals surface area (Å²) in [5, 5.41) is 20.5. The van der Waals surface area contributed by atoms with Crippen molar-refractivity contribution in [3.63, 3.8) is 0 Å². The molecule has 0 spiro atoms. The molecular weight excluding hydrogens is 532 g/mol. The fourth-order valence-corrected chi connectivity index (χ4v) is 8.51. The van der Waals surface area contributed by atoms with Crippen molar-refractivity contribution in [3.05, 3.63) is 129 Å². The predicted octanol–water partition coefficient (Wildman–Crippen LogP) is 9.54. The van der Waals surface area contributed by atoms with Crippen LogP contribution in [-0.4, -0.2) is 22.2 Å². The molecule has 0 saturated heterocycles. The van der Waals surface area contributed by atoms with E-state index in [2.05, 4.69) is 60.7 Å². The first kappa shape index (κ1) is 27.6. The molecule has 2 N–H and O–H groups in total. The first-order chi connectivity index (χ1) is 21.0. The Morgan fingerprint density at radius 2 is 0.930 bits per heavy atom. The summed E-state index contributed by atoms with van der Waals surface area (Å²) in [6.07, 6.45) is 10.9. The highest BCUT2D eigenvalue weighted by Crippen LogP contribution is 2.57. The molecule has 0 amide bonds. The molecule has 7 rings (SSSR count). The number of aromatic carboxylic acids is 2. The van der Waals surface area contributed by atoms with Gasteiger partial charge in [-0.1, -0.05) is 111 Å². The van der Waals surface area contributed by atoms with Crippen molar-refractivity contribution in [1.82, 2.24) is 0 Å². The molecule has 0 radical (unpaired) electrons. The average molecular weight is 571 g/mol. The van der Waals surface area contributed by atoms with Gasteiger partial charge in [-0.3, -0.25) is 0 Å². The van der Waals surface area contributed by atoms with Gasteiger partial charge in [0.2, 0.25) is 0 Å². The fourth-order valence-electron chi connectivity index (χ4n) is 8.51. The number of benzene rings is 4. The maximum atomic E-state index is 12.5. The number of carboxylic acids is 2. The Labute approximate surface area is 253 Å². The largest absolute Gasteiger partial charge is 0.478 e. The van der Waals surface area contributed by atoms with Crippen LogP contribution in [0, 0.1) is 0 Å². The second-order valence-electron chi connectivity index (χ2n) is 12.7. The zero-order chi connectivity index (χ0) is 29.6. The molecule has 43 heavy (non-hydrogen) atoms. The van der Waals surface area contributed by atoms with Crippen molar-refractivity contribution in [2.75, 3.05) is 0 Å². The molecule has 4 aromatic rings. The van der Waals surface area contributed by atoms with Crippen molar-refractivity contribution >= 4 is 11.9 Å². The van der Waals surface area contributed by atoms with Crippen LogP contribution in [0.4, 0.5) is 0 Å². The molecule has 0 aromatic heterocycles. The zero-order valence-corrected chi connectivity index (χ0v) is 24.5. The van der Waals surface area contributed by atoms with Gasteiger partial charge < -0.3 is 10.2 Å². The van der Waals surface area contributed by atoms with Gasteiger partial charge in [-0.05, 0) is 94.2 Å². The van der Waals surface area contributed by atoms with Crippen LogP contribution in [0.25, 0.3) is 11.1 Å². The molecule has 3 aliphatic carbocycles. The van der Waals surface area contributed by atoms with Gasteiger partial charge in [0.05, 0.1) is 16.5 Å². The van der Waals surface area contributed by atoms with E-state index in [1.54, 1.807) is 0 Å². The third-order valence-electron chi connectivity index (χ3n) is 10.5. The lowest BCUT2D eigenvalue weighted by atomic mass is 9.65. The van der Waals surface area contributed by atoms with Gasteiger partial charge >= 0.3 is 11.9 Å². The van der Waals surface area contributed by atoms with E-state index < -0.39 is 17.4 Å². The highest BCUT2D eigenvalue weighted by molar-refractivity contribution is 5.92. The lowest BCUT2D eigenvalue weighted by Gasteiger charge is -2.36. The number of rotatable bonds is 6. The van der Waals surface area contributed by atoms with Crippen LogP contribution in [0.15, 0.2) is 84.9 Å². The Hall–Kier alpha value is -4.18. The number of hydrogen-bond acceptors (Lipinski definition) is 2. The van der Waals surface area contributed by atoms with Crippen molar-refractivity contribution in [2.24, 2.45) is 0 Å². The Kier molecular flexibility index (Phi) is 7.17. The molecule has 0 heterocycles. The summed E-state index contributed by atoms with van der Waals surface area (Å²) >= 11 is 0. The topological polar surface area (TPSA) is 74.6 Å². The summed E-state index contributed by atoms with van der Waals surface area (Å²) < 4.78 is 0. The van der Waals surface area contributed by atoms with Gasteiger partial charge in [-0.25, -0.2) is 9.59 Å². The number of carbonyl (C=O) groups is 2. The monoisotopic (exact) mass is 570 g/mol. The van der Waals surface area contributed by atoms with Gasteiger partial charge in [-0.15, -0.1) is 0 Å². The molecule has 2 saturated carbocycles. The summed E-state index contributed by atoms with van der Waals surface area (Å²) in [4.78, 5) is 25.0. The minimum atomic E-state index is -0.876. The fraction of sp³-hybridized carbons (Fsp3) is 0.333. The van der Waals surface area contributed by atoms with Crippen LogP contribution < -0.4 is 0 Å². The van der Waals surface area contributed by atoms with E-state index in [1.165, 1.54) is 24.0 Å². The number of fused-ring (bicyclic) bond motifs is 3. The summed E-state index contributed by atoms with van der Waals surface area (Å²) in [5.41, 5.74) is 8.71. The highest BCUT2D eigenvalue weighted by Gasteiger charge is 2.47. The highest BCUT2D eigenvalue weighted by atomic mass is 16.4. The standard InChI is InChI=1S/C39H38O4/c40-37(41)31-21-19-27(23-33(31)25-11-3-1-4-12-25)39(35-17-9-7-15-29(35)30-16-8-10-18-36(30)39)28-20-22-32(38(42)43)34(24-28)26-13-5-2-6-14-26/h7-10,15-26H,1-6,11-14H2,(H,40,41)(H,42,43). The van der Waals surface area contributed by atoms with Gasteiger partial charge in [0, 0.05) is 0 Å². The van der Waals surface area contributed by atoms with Crippen LogP contribution in [0.2, 0.25) is 0 Å². The average Bonchev–Trinajstić information content (AvgIpc) is 3.36. The molecule has 4 heteroatoms. The predicted molar refractivity (Wildman–Crippen MR) is 169 cm³/mol. The maximum Gasteiger partial charge on any atom is 0.335 e. The second-order valence-corrected chi connectivity index (χ2v) is 12.7. The van der Waals surface area contributed by atoms with E-state index in [9.17, 15) is 19.8 Å². The van der Waals surface area contributed by atoms with Crippen molar-refractivity contribution in [2.45, 2.75) is 81.5 Å². The van der Waals surface area contributed by atoms with E-state index in [0.29, 0.717) is 11.1 Å². The third kappa shape index (κ3) is 4.50. The van der Waals surface area contributed by atoms with Gasteiger partial charge in [-0.2, -0.15) is 0 Å². The first-order valence-electron chi connectivity index (χ1n) is 15.9. The van der Waals surface area contributed by atoms with E-state index >= 15 is 0 Å². The van der Waals surface area contributed by atoms with Crippen LogP contribution in [0.3, 0.4) is 0 Å². The number of hydrogen-bond donors (Lipinski definition) is 2. The lowest BCUT2D eigenvalue weighted by Crippen LogP contribution is -2.30. The van der Waals surface area contributed by atoms with E-state index in [0.717, 1.165) is 84.7 Å². The molecule has 2 fully saturated rings. The van der Waals surface area contributed by atoms with Crippen LogP contribution in [0.5, 0.6) is 0 Å². The normalized spacial score (nSPS) is 18.1. The summed E-state index contributed by atoms with van der Waals surface area (Å²) in [6, 6.07) is 29.1. The minimum Gasteiger partial charge on any atom is -0.478 e. The van der Waals surface area contributed by atoms with Gasteiger partial charge in [0.1, 0.15) is 0 Å². The van der Waals surface area contributed by atoms with E-state index in [-0.39, 0.29) is 11.8 Å². The van der Waals surface area contributed by atoms with E-state index in [4.69, 9.17) is 0 Å². The molecule has 4 aromatic carbocycles. The summed E-state index contributed by atoms with van der Waals surface area (Å²) in [6.45, 7) is 0. The third-order valence-corrected chi connectivity index (χ3v) is 10.5. The molecule has 0 atom stereocenters. The maximum absolute atomic E-state index is 12.5. The van der Waals surface area contributed by atoms with Crippen molar-refractivity contribution < 1.29 is 19.8 Å². The Balaban J connectivity index is 1.54.